The molecule has 0 saturated carbocycles. The highest BCUT2D eigenvalue weighted by Crippen LogP contribution is 2.33. The van der Waals surface area contributed by atoms with E-state index in [2.05, 4.69) is 0 Å². The van der Waals surface area contributed by atoms with E-state index >= 15 is 0 Å². The van der Waals surface area contributed by atoms with Gasteiger partial charge in [0.25, 0.3) is 0 Å². The lowest BCUT2D eigenvalue weighted by Crippen LogP contribution is -2.17. The van der Waals surface area contributed by atoms with Crippen LogP contribution in [0.1, 0.15) is 12.0 Å². The zero-order valence-corrected chi connectivity index (χ0v) is 11.7. The maximum atomic E-state index is 10.6. The molecule has 102 valence electrons. The minimum Gasteiger partial charge on any atom is -0.324 e. The summed E-state index contributed by atoms with van der Waals surface area (Å²) in [7, 11) is -3.94. The summed E-state index contributed by atoms with van der Waals surface area (Å²) >= 11 is 0. The molecule has 0 aliphatic rings. The Morgan fingerprint density at radius 2 is 1.89 bits per heavy atom. The first kappa shape index (κ1) is 17.4. The second-order valence-electron chi connectivity index (χ2n) is 3.96. The Morgan fingerprint density at radius 1 is 1.28 bits per heavy atom. The van der Waals surface area contributed by atoms with Crippen molar-refractivity contribution in [2.45, 2.75) is 18.9 Å². The number of hydrogen-bond acceptors (Lipinski definition) is 2. The first-order valence-electron chi connectivity index (χ1n) is 5.48. The van der Waals surface area contributed by atoms with Gasteiger partial charge < -0.3 is 15.5 Å². The minimum atomic E-state index is -3.94. The maximum absolute atomic E-state index is 10.6. The van der Waals surface area contributed by atoms with Crippen molar-refractivity contribution in [2.75, 3.05) is 6.16 Å². The first-order valence-corrected chi connectivity index (χ1v) is 7.28. The molecule has 0 saturated heterocycles. The molecule has 0 aliphatic heterocycles. The summed E-state index contributed by atoms with van der Waals surface area (Å²) in [6.07, 6.45) is 4.49. The van der Waals surface area contributed by atoms with Crippen molar-refractivity contribution in [1.29, 1.82) is 0 Å². The monoisotopic (exact) mass is 291 g/mol. The van der Waals surface area contributed by atoms with Gasteiger partial charge in [-0.1, -0.05) is 42.5 Å². The molecular formula is C12H19ClNO3P. The van der Waals surface area contributed by atoms with Gasteiger partial charge in [0.15, 0.2) is 0 Å². The van der Waals surface area contributed by atoms with Crippen molar-refractivity contribution < 1.29 is 14.4 Å². The minimum absolute atomic E-state index is 0. The quantitative estimate of drug-likeness (QED) is 0.553. The van der Waals surface area contributed by atoms with E-state index < -0.39 is 7.60 Å². The zero-order chi connectivity index (χ0) is 12.7. The summed E-state index contributed by atoms with van der Waals surface area (Å²) in [6, 6.07) is 9.82. The molecule has 18 heavy (non-hydrogen) atoms. The van der Waals surface area contributed by atoms with E-state index in [1.807, 2.05) is 30.3 Å². The van der Waals surface area contributed by atoms with Crippen LogP contribution in [0, 0.1) is 0 Å². The molecule has 4 nitrogen and oxygen atoms in total. The van der Waals surface area contributed by atoms with Crippen LogP contribution < -0.4 is 5.73 Å². The van der Waals surface area contributed by atoms with Crippen molar-refractivity contribution in [1.82, 2.24) is 0 Å². The lowest BCUT2D eigenvalue weighted by molar-refractivity contribution is 0.377. The third-order valence-electron chi connectivity index (χ3n) is 2.34. The van der Waals surface area contributed by atoms with Crippen molar-refractivity contribution >= 4 is 20.0 Å². The van der Waals surface area contributed by atoms with Crippen LogP contribution in [-0.2, 0) is 11.0 Å². The summed E-state index contributed by atoms with van der Waals surface area (Å²) in [5.74, 6) is 0. The third kappa shape index (κ3) is 8.45. The Balaban J connectivity index is 0.00000289. The Morgan fingerprint density at radius 3 is 2.44 bits per heavy atom. The van der Waals surface area contributed by atoms with Crippen molar-refractivity contribution in [3.05, 3.63) is 48.0 Å². The second kappa shape index (κ2) is 8.46. The van der Waals surface area contributed by atoms with Crippen LogP contribution in [-0.4, -0.2) is 22.0 Å². The van der Waals surface area contributed by atoms with Gasteiger partial charge in [-0.25, -0.2) is 0 Å². The summed E-state index contributed by atoms with van der Waals surface area (Å²) < 4.78 is 10.6. The molecule has 0 radical (unpaired) electrons. The Hall–Kier alpha value is -0.640. The van der Waals surface area contributed by atoms with Crippen molar-refractivity contribution in [2.24, 2.45) is 5.73 Å². The van der Waals surface area contributed by atoms with Crippen LogP contribution in [0.15, 0.2) is 42.5 Å². The normalized spacial score (nSPS) is 13.3. The molecule has 1 atom stereocenters. The van der Waals surface area contributed by atoms with E-state index in [4.69, 9.17) is 15.5 Å². The molecule has 0 heterocycles. The van der Waals surface area contributed by atoms with Crippen LogP contribution in [0.2, 0.25) is 0 Å². The Bertz CT molecular complexity index is 405. The number of aryl methyl sites for hydroxylation is 1. The summed E-state index contributed by atoms with van der Waals surface area (Å²) in [5, 5.41) is 0. The van der Waals surface area contributed by atoms with Gasteiger partial charge in [0.05, 0.1) is 6.16 Å². The molecule has 6 heteroatoms. The fourth-order valence-electron chi connectivity index (χ4n) is 1.45. The van der Waals surface area contributed by atoms with Crippen LogP contribution in [0.5, 0.6) is 0 Å². The molecule has 1 rings (SSSR count). The summed E-state index contributed by atoms with van der Waals surface area (Å²) in [4.78, 5) is 17.3. The second-order valence-corrected chi connectivity index (χ2v) is 5.66. The maximum Gasteiger partial charge on any atom is 0.329 e. The van der Waals surface area contributed by atoms with E-state index in [-0.39, 0.29) is 24.6 Å². The van der Waals surface area contributed by atoms with Crippen molar-refractivity contribution in [3.8, 4) is 0 Å². The molecule has 0 aliphatic carbocycles. The third-order valence-corrected chi connectivity index (χ3v) is 3.02. The summed E-state index contributed by atoms with van der Waals surface area (Å²) in [6.45, 7) is 0. The molecule has 1 aromatic rings. The highest BCUT2D eigenvalue weighted by atomic mass is 35.5. The van der Waals surface area contributed by atoms with Crippen LogP contribution in [0.25, 0.3) is 0 Å². The SMILES string of the molecule is Cl.NC(/C=C/CP(=O)(O)O)CCc1ccccc1. The lowest BCUT2D eigenvalue weighted by Gasteiger charge is -2.06. The van der Waals surface area contributed by atoms with Gasteiger partial charge in [0, 0.05) is 6.04 Å². The van der Waals surface area contributed by atoms with E-state index in [9.17, 15) is 4.57 Å². The van der Waals surface area contributed by atoms with E-state index in [1.165, 1.54) is 11.6 Å². The van der Waals surface area contributed by atoms with Gasteiger partial charge in [-0.3, -0.25) is 4.57 Å². The summed E-state index contributed by atoms with van der Waals surface area (Å²) in [5.41, 5.74) is 7.03. The number of hydrogen-bond donors (Lipinski definition) is 3. The number of benzene rings is 1. The van der Waals surface area contributed by atoms with Gasteiger partial charge in [-0.15, -0.1) is 12.4 Å². The Labute approximate surface area is 113 Å². The topological polar surface area (TPSA) is 83.6 Å². The fourth-order valence-corrected chi connectivity index (χ4v) is 1.84. The molecule has 4 N–H and O–H groups in total. The number of allylic oxidation sites excluding steroid dienone is 1. The van der Waals surface area contributed by atoms with E-state index in [1.54, 1.807) is 6.08 Å². The lowest BCUT2D eigenvalue weighted by atomic mass is 10.1. The number of nitrogens with two attached hydrogens (primary N) is 1. The van der Waals surface area contributed by atoms with Gasteiger partial charge in [0.1, 0.15) is 0 Å². The standard InChI is InChI=1S/C12H18NO3P.ClH/c13-12(7-4-10-17(14,15)16)9-8-11-5-2-1-3-6-11;/h1-7,12H,8-10,13H2,(H2,14,15,16);1H/b7-4+;. The highest BCUT2D eigenvalue weighted by Gasteiger charge is 2.09. The van der Waals surface area contributed by atoms with Gasteiger partial charge in [-0.2, -0.15) is 0 Å². The Kier molecular flexibility index (Phi) is 8.16. The van der Waals surface area contributed by atoms with Gasteiger partial charge >= 0.3 is 7.60 Å². The fraction of sp³-hybridized carbons (Fsp3) is 0.333. The van der Waals surface area contributed by atoms with Crippen LogP contribution in [0.4, 0.5) is 0 Å². The molecule has 1 aromatic carbocycles. The molecule has 0 spiro atoms. The molecule has 1 unspecified atom stereocenters. The van der Waals surface area contributed by atoms with E-state index in [0.29, 0.717) is 0 Å². The first-order chi connectivity index (χ1) is 7.97. The molecule has 0 bridgehead atoms. The number of rotatable bonds is 6. The van der Waals surface area contributed by atoms with E-state index in [0.717, 1.165) is 12.8 Å². The van der Waals surface area contributed by atoms with Crippen LogP contribution in [0.3, 0.4) is 0 Å². The average Bonchev–Trinajstić information content (AvgIpc) is 2.26. The largest absolute Gasteiger partial charge is 0.329 e. The van der Waals surface area contributed by atoms with Crippen molar-refractivity contribution in [3.63, 3.8) is 0 Å². The van der Waals surface area contributed by atoms with Gasteiger partial charge in [0.2, 0.25) is 0 Å². The number of halogens is 1. The predicted molar refractivity (Wildman–Crippen MR) is 76.0 cm³/mol. The molecule has 0 aromatic heterocycles. The zero-order valence-electron chi connectivity index (χ0n) is 9.98. The average molecular weight is 292 g/mol. The smallest absolute Gasteiger partial charge is 0.324 e. The molecule has 0 fully saturated rings. The predicted octanol–water partition coefficient (Wildman–Crippen LogP) is 2.10. The molecule has 0 amide bonds. The highest BCUT2D eigenvalue weighted by molar-refractivity contribution is 7.51. The van der Waals surface area contributed by atoms with Gasteiger partial charge in [-0.05, 0) is 18.4 Å². The van der Waals surface area contributed by atoms with Crippen LogP contribution >= 0.6 is 20.0 Å². The molecular weight excluding hydrogens is 273 g/mol.